The van der Waals surface area contributed by atoms with Crippen LogP contribution in [-0.2, 0) is 10.0 Å². The first-order valence-electron chi connectivity index (χ1n) is 4.60. The molecule has 1 rings (SSSR count). The summed E-state index contributed by atoms with van der Waals surface area (Å²) < 4.78 is 38.5. The predicted octanol–water partition coefficient (Wildman–Crippen LogP) is 0.844. The number of sulfonamides is 1. The van der Waals surface area contributed by atoms with Gasteiger partial charge < -0.3 is 0 Å². The third-order valence-electron chi connectivity index (χ3n) is 2.06. The van der Waals surface area contributed by atoms with Gasteiger partial charge in [0.15, 0.2) is 0 Å². The van der Waals surface area contributed by atoms with Crippen molar-refractivity contribution in [3.05, 3.63) is 33.6 Å². The van der Waals surface area contributed by atoms with E-state index in [1.165, 1.54) is 6.92 Å². The van der Waals surface area contributed by atoms with Gasteiger partial charge in [-0.25, -0.2) is 8.42 Å². The lowest BCUT2D eigenvalue weighted by atomic mass is 10.2. The molecule has 1 aromatic rings. The molecule has 96 valence electrons. The molecule has 7 nitrogen and oxygen atoms in total. The SMILES string of the molecule is Cc1cc(S(=O)(=O)NCC#N)cc([N+](=O)[O-])c1F. The fraction of sp³-hybridized carbons (Fsp3) is 0.222. The monoisotopic (exact) mass is 273 g/mol. The van der Waals surface area contributed by atoms with Crippen LogP contribution in [0.1, 0.15) is 5.56 Å². The topological polar surface area (TPSA) is 113 Å². The Morgan fingerprint density at radius 2 is 2.17 bits per heavy atom. The van der Waals surface area contributed by atoms with Crippen LogP contribution in [0.3, 0.4) is 0 Å². The molecule has 18 heavy (non-hydrogen) atoms. The number of halogens is 1. The molecule has 0 unspecified atom stereocenters. The number of nitrogens with zero attached hydrogens (tertiary/aromatic N) is 2. The number of hydrogen-bond donors (Lipinski definition) is 1. The van der Waals surface area contributed by atoms with Gasteiger partial charge in [-0.15, -0.1) is 0 Å². The number of aryl methyl sites for hydroxylation is 1. The van der Waals surface area contributed by atoms with Crippen molar-refractivity contribution in [2.45, 2.75) is 11.8 Å². The lowest BCUT2D eigenvalue weighted by Crippen LogP contribution is -2.24. The predicted molar refractivity (Wildman–Crippen MR) is 58.6 cm³/mol. The van der Waals surface area contributed by atoms with Crippen LogP contribution in [0.2, 0.25) is 0 Å². The Labute approximate surface area is 102 Å². The molecule has 0 bridgehead atoms. The van der Waals surface area contributed by atoms with Crippen LogP contribution in [0.15, 0.2) is 17.0 Å². The molecular formula is C9H8FN3O4S. The molecule has 0 aromatic heterocycles. The van der Waals surface area contributed by atoms with E-state index in [1.54, 1.807) is 6.07 Å². The van der Waals surface area contributed by atoms with Gasteiger partial charge in [-0.05, 0) is 18.6 Å². The van der Waals surface area contributed by atoms with E-state index in [4.69, 9.17) is 5.26 Å². The molecule has 0 fully saturated rings. The summed E-state index contributed by atoms with van der Waals surface area (Å²) in [6, 6.07) is 3.13. The highest BCUT2D eigenvalue weighted by molar-refractivity contribution is 7.89. The van der Waals surface area contributed by atoms with Gasteiger partial charge in [0.05, 0.1) is 22.4 Å². The Hall–Kier alpha value is -2.05. The van der Waals surface area contributed by atoms with E-state index in [0.29, 0.717) is 6.07 Å². The van der Waals surface area contributed by atoms with Crippen molar-refractivity contribution in [3.63, 3.8) is 0 Å². The maximum atomic E-state index is 13.4. The summed E-state index contributed by atoms with van der Waals surface area (Å²) in [5.74, 6) is -1.08. The van der Waals surface area contributed by atoms with Crippen LogP contribution in [0, 0.1) is 34.2 Å². The Kier molecular flexibility index (Phi) is 3.95. The first kappa shape index (κ1) is 14.0. The zero-order valence-electron chi connectivity index (χ0n) is 9.18. The maximum absolute atomic E-state index is 13.4. The molecule has 9 heteroatoms. The fourth-order valence-electron chi connectivity index (χ4n) is 1.22. The fourth-order valence-corrected chi connectivity index (χ4v) is 2.24. The summed E-state index contributed by atoms with van der Waals surface area (Å²) in [5.41, 5.74) is -1.09. The average molecular weight is 273 g/mol. The number of hydrogen-bond acceptors (Lipinski definition) is 5. The van der Waals surface area contributed by atoms with Crippen molar-refractivity contribution in [1.82, 2.24) is 4.72 Å². The number of nitro benzene ring substituents is 1. The third-order valence-corrected chi connectivity index (χ3v) is 3.44. The number of nitriles is 1. The Morgan fingerprint density at radius 3 is 2.67 bits per heavy atom. The van der Waals surface area contributed by atoms with Gasteiger partial charge in [0.2, 0.25) is 15.8 Å². The quantitative estimate of drug-likeness (QED) is 0.496. The molecule has 0 radical (unpaired) electrons. The molecule has 0 saturated carbocycles. The lowest BCUT2D eigenvalue weighted by molar-refractivity contribution is -0.387. The lowest BCUT2D eigenvalue weighted by Gasteiger charge is -2.05. The van der Waals surface area contributed by atoms with Crippen molar-refractivity contribution in [3.8, 4) is 6.07 Å². The van der Waals surface area contributed by atoms with Crippen molar-refractivity contribution in [1.29, 1.82) is 5.26 Å². The Bertz CT molecular complexity index is 636. The minimum absolute atomic E-state index is 0.165. The molecule has 0 amide bonds. The Balaban J connectivity index is 3.36. The molecule has 0 atom stereocenters. The minimum Gasteiger partial charge on any atom is -0.258 e. The second-order valence-electron chi connectivity index (χ2n) is 3.31. The molecule has 1 N–H and O–H groups in total. The van der Waals surface area contributed by atoms with E-state index in [9.17, 15) is 22.9 Å². The standard InChI is InChI=1S/C9H8FN3O4S/c1-6-4-7(18(16,17)12-3-2-11)5-8(9(6)10)13(14)15/h4-5,12H,3H2,1H3. The van der Waals surface area contributed by atoms with Gasteiger partial charge in [0, 0.05) is 6.07 Å². The normalized spacial score (nSPS) is 10.9. The first-order chi connectivity index (χ1) is 8.29. The first-order valence-corrected chi connectivity index (χ1v) is 6.09. The van der Waals surface area contributed by atoms with Gasteiger partial charge in [-0.3, -0.25) is 10.1 Å². The molecule has 0 spiro atoms. The van der Waals surface area contributed by atoms with Crippen LogP contribution in [0.4, 0.5) is 10.1 Å². The van der Waals surface area contributed by atoms with Gasteiger partial charge >= 0.3 is 5.69 Å². The number of nitrogens with one attached hydrogen (secondary N) is 1. The summed E-state index contributed by atoms with van der Waals surface area (Å²) in [4.78, 5) is 9.10. The highest BCUT2D eigenvalue weighted by atomic mass is 32.2. The highest BCUT2D eigenvalue weighted by Crippen LogP contribution is 2.24. The van der Waals surface area contributed by atoms with Crippen LogP contribution in [0.5, 0.6) is 0 Å². The van der Waals surface area contributed by atoms with Crippen molar-refractivity contribution < 1.29 is 17.7 Å². The van der Waals surface area contributed by atoms with Gasteiger partial charge in [-0.2, -0.15) is 14.4 Å². The molecule has 0 saturated heterocycles. The Morgan fingerprint density at radius 1 is 1.56 bits per heavy atom. The summed E-state index contributed by atoms with van der Waals surface area (Å²) in [6.07, 6.45) is 0. The largest absolute Gasteiger partial charge is 0.306 e. The van der Waals surface area contributed by atoms with E-state index >= 15 is 0 Å². The smallest absolute Gasteiger partial charge is 0.258 e. The van der Waals surface area contributed by atoms with E-state index in [0.717, 1.165) is 6.07 Å². The number of benzene rings is 1. The number of nitro groups is 1. The second-order valence-corrected chi connectivity index (χ2v) is 5.08. The molecule has 1 aromatic carbocycles. The zero-order chi connectivity index (χ0) is 13.9. The molecule has 0 heterocycles. The molecule has 0 aliphatic rings. The summed E-state index contributed by atoms with van der Waals surface area (Å²) in [7, 11) is -4.06. The minimum atomic E-state index is -4.06. The van der Waals surface area contributed by atoms with Crippen molar-refractivity contribution >= 4 is 15.7 Å². The van der Waals surface area contributed by atoms with E-state index in [-0.39, 0.29) is 5.56 Å². The van der Waals surface area contributed by atoms with E-state index in [1.807, 2.05) is 4.72 Å². The second kappa shape index (κ2) is 5.07. The van der Waals surface area contributed by atoms with Crippen LogP contribution >= 0.6 is 0 Å². The van der Waals surface area contributed by atoms with Crippen molar-refractivity contribution in [2.24, 2.45) is 0 Å². The van der Waals surface area contributed by atoms with Crippen LogP contribution in [-0.4, -0.2) is 19.9 Å². The molecule has 0 aliphatic heterocycles. The van der Waals surface area contributed by atoms with Gasteiger partial charge in [-0.1, -0.05) is 0 Å². The van der Waals surface area contributed by atoms with E-state index in [2.05, 4.69) is 0 Å². The summed E-state index contributed by atoms with van der Waals surface area (Å²) >= 11 is 0. The van der Waals surface area contributed by atoms with Crippen molar-refractivity contribution in [2.75, 3.05) is 6.54 Å². The van der Waals surface area contributed by atoms with E-state index < -0.39 is 37.9 Å². The number of rotatable bonds is 4. The highest BCUT2D eigenvalue weighted by Gasteiger charge is 2.23. The summed E-state index contributed by atoms with van der Waals surface area (Å²) in [5, 5.41) is 18.8. The summed E-state index contributed by atoms with van der Waals surface area (Å²) in [6.45, 7) is 0.734. The van der Waals surface area contributed by atoms with Gasteiger partial charge in [0.25, 0.3) is 0 Å². The van der Waals surface area contributed by atoms with Crippen LogP contribution in [0.25, 0.3) is 0 Å². The molecular weight excluding hydrogens is 265 g/mol. The van der Waals surface area contributed by atoms with Gasteiger partial charge in [0.1, 0.15) is 0 Å². The third kappa shape index (κ3) is 2.79. The zero-order valence-corrected chi connectivity index (χ0v) is 9.99. The average Bonchev–Trinajstić information content (AvgIpc) is 2.29. The maximum Gasteiger partial charge on any atom is 0.306 e. The van der Waals surface area contributed by atoms with Crippen LogP contribution < -0.4 is 4.72 Å². The molecule has 0 aliphatic carbocycles.